The Kier molecular flexibility index (Phi) is 5.30. The number of thioether (sulfide) groups is 1. The molecule has 2 heterocycles. The van der Waals surface area contributed by atoms with E-state index in [1.807, 2.05) is 6.92 Å². The largest absolute Gasteiger partial charge is 0.323 e. The van der Waals surface area contributed by atoms with Gasteiger partial charge in [-0.1, -0.05) is 42.4 Å². The van der Waals surface area contributed by atoms with Gasteiger partial charge in [0.05, 0.1) is 10.7 Å². The second-order valence-corrected chi connectivity index (χ2v) is 6.67. The summed E-state index contributed by atoms with van der Waals surface area (Å²) in [5.74, 6) is 0.445. The Morgan fingerprint density at radius 3 is 2.88 bits per heavy atom. The molecular weight excluding hydrogens is 362 g/mol. The zero-order valence-corrected chi connectivity index (χ0v) is 14.8. The number of anilines is 1. The van der Waals surface area contributed by atoms with Crippen LogP contribution < -0.4 is 10.9 Å². The second kappa shape index (κ2) is 7.62. The van der Waals surface area contributed by atoms with E-state index < -0.39 is 0 Å². The minimum Gasteiger partial charge on any atom is -0.323 e. The van der Waals surface area contributed by atoms with Gasteiger partial charge in [0.15, 0.2) is 10.8 Å². The number of hydrogen-bond acceptors (Lipinski definition) is 6. The topological polar surface area (TPSA) is 89.8 Å². The fraction of sp³-hybridized carbons (Fsp3) is 0.188. The van der Waals surface area contributed by atoms with Gasteiger partial charge in [-0.15, -0.1) is 0 Å². The average Bonchev–Trinajstić information content (AvgIpc) is 2.60. The SMILES string of the molecule is CCSc1ncc2c(=O)n(CC(=O)Nc3ccccc3Cl)cnc2n1. The van der Waals surface area contributed by atoms with E-state index in [4.69, 9.17) is 11.6 Å². The van der Waals surface area contributed by atoms with E-state index in [0.717, 1.165) is 5.75 Å². The summed E-state index contributed by atoms with van der Waals surface area (Å²) in [5, 5.41) is 3.93. The van der Waals surface area contributed by atoms with Crippen molar-refractivity contribution in [3.8, 4) is 0 Å². The normalized spacial score (nSPS) is 10.8. The van der Waals surface area contributed by atoms with Gasteiger partial charge in [-0.05, 0) is 17.9 Å². The van der Waals surface area contributed by atoms with Crippen LogP contribution in [-0.4, -0.2) is 31.2 Å². The lowest BCUT2D eigenvalue weighted by Crippen LogP contribution is -2.28. The highest BCUT2D eigenvalue weighted by Crippen LogP contribution is 2.20. The van der Waals surface area contributed by atoms with Gasteiger partial charge in [-0.2, -0.15) is 0 Å². The first-order valence-electron chi connectivity index (χ1n) is 7.48. The number of carbonyl (C=O) groups excluding carboxylic acids is 1. The molecule has 0 saturated heterocycles. The molecule has 9 heteroatoms. The van der Waals surface area contributed by atoms with Crippen molar-refractivity contribution in [2.75, 3.05) is 11.1 Å². The lowest BCUT2D eigenvalue weighted by molar-refractivity contribution is -0.116. The van der Waals surface area contributed by atoms with Crippen molar-refractivity contribution in [3.05, 3.63) is 52.2 Å². The molecule has 128 valence electrons. The molecule has 0 aliphatic rings. The second-order valence-electron chi connectivity index (χ2n) is 5.03. The maximum absolute atomic E-state index is 12.5. The molecule has 2 aromatic heterocycles. The molecule has 0 spiro atoms. The molecule has 25 heavy (non-hydrogen) atoms. The first-order chi connectivity index (χ1) is 12.1. The van der Waals surface area contributed by atoms with Crippen molar-refractivity contribution in [1.82, 2.24) is 19.5 Å². The van der Waals surface area contributed by atoms with Crippen LogP contribution >= 0.6 is 23.4 Å². The van der Waals surface area contributed by atoms with Crippen LogP contribution in [0.25, 0.3) is 11.0 Å². The van der Waals surface area contributed by atoms with Gasteiger partial charge in [0, 0.05) is 6.20 Å². The third-order valence-electron chi connectivity index (χ3n) is 3.29. The number of rotatable bonds is 5. The van der Waals surface area contributed by atoms with Crippen LogP contribution in [0.15, 0.2) is 46.7 Å². The average molecular weight is 376 g/mol. The molecule has 7 nitrogen and oxygen atoms in total. The summed E-state index contributed by atoms with van der Waals surface area (Å²) in [6.07, 6.45) is 2.75. The van der Waals surface area contributed by atoms with Crippen molar-refractivity contribution >= 4 is 46.0 Å². The number of hydrogen-bond donors (Lipinski definition) is 1. The minimum atomic E-state index is -0.379. The zero-order chi connectivity index (χ0) is 17.8. The Labute approximate surface area is 152 Å². The number of fused-ring (bicyclic) bond motifs is 1. The van der Waals surface area contributed by atoms with E-state index in [-0.39, 0.29) is 23.4 Å². The van der Waals surface area contributed by atoms with Crippen molar-refractivity contribution in [3.63, 3.8) is 0 Å². The van der Waals surface area contributed by atoms with Gasteiger partial charge in [0.25, 0.3) is 5.56 Å². The Hall–Kier alpha value is -2.45. The molecule has 0 radical (unpaired) electrons. The van der Waals surface area contributed by atoms with Crippen LogP contribution in [0.5, 0.6) is 0 Å². The van der Waals surface area contributed by atoms with Crippen molar-refractivity contribution < 1.29 is 4.79 Å². The monoisotopic (exact) mass is 375 g/mol. The van der Waals surface area contributed by atoms with Crippen LogP contribution in [0.3, 0.4) is 0 Å². The maximum atomic E-state index is 12.5. The molecule has 0 aliphatic carbocycles. The maximum Gasteiger partial charge on any atom is 0.264 e. The van der Waals surface area contributed by atoms with Crippen LogP contribution in [0.4, 0.5) is 5.69 Å². The van der Waals surface area contributed by atoms with Crippen LogP contribution in [0.2, 0.25) is 5.02 Å². The predicted octanol–water partition coefficient (Wildman–Crippen LogP) is 2.59. The summed E-state index contributed by atoms with van der Waals surface area (Å²) in [6.45, 7) is 1.81. The molecule has 1 N–H and O–H groups in total. The predicted molar refractivity (Wildman–Crippen MR) is 98.1 cm³/mol. The Morgan fingerprint density at radius 2 is 2.12 bits per heavy atom. The van der Waals surface area contributed by atoms with Crippen molar-refractivity contribution in [2.45, 2.75) is 18.6 Å². The molecule has 0 fully saturated rings. The Morgan fingerprint density at radius 1 is 1.32 bits per heavy atom. The fourth-order valence-electron chi connectivity index (χ4n) is 2.16. The van der Waals surface area contributed by atoms with E-state index in [9.17, 15) is 9.59 Å². The first-order valence-corrected chi connectivity index (χ1v) is 8.84. The zero-order valence-electron chi connectivity index (χ0n) is 13.3. The fourth-order valence-corrected chi connectivity index (χ4v) is 2.88. The van der Waals surface area contributed by atoms with Gasteiger partial charge in [-0.25, -0.2) is 15.0 Å². The quantitative estimate of drug-likeness (QED) is 0.544. The number of para-hydroxylation sites is 1. The van der Waals surface area contributed by atoms with Crippen LogP contribution in [-0.2, 0) is 11.3 Å². The lowest BCUT2D eigenvalue weighted by atomic mass is 10.3. The van der Waals surface area contributed by atoms with Gasteiger partial charge in [0.1, 0.15) is 18.3 Å². The summed E-state index contributed by atoms with van der Waals surface area (Å²) >= 11 is 7.47. The van der Waals surface area contributed by atoms with E-state index >= 15 is 0 Å². The highest BCUT2D eigenvalue weighted by atomic mass is 35.5. The number of nitrogens with zero attached hydrogens (tertiary/aromatic N) is 4. The summed E-state index contributed by atoms with van der Waals surface area (Å²) in [6, 6.07) is 6.88. The summed E-state index contributed by atoms with van der Waals surface area (Å²) < 4.78 is 1.21. The minimum absolute atomic E-state index is 0.182. The highest BCUT2D eigenvalue weighted by Gasteiger charge is 2.11. The molecule has 0 aliphatic heterocycles. The summed E-state index contributed by atoms with van der Waals surface area (Å²) in [5.41, 5.74) is 0.437. The number of amides is 1. The third kappa shape index (κ3) is 3.97. The Balaban J connectivity index is 1.83. The van der Waals surface area contributed by atoms with Crippen LogP contribution in [0, 0.1) is 0 Å². The molecule has 1 aromatic carbocycles. The number of nitrogens with one attached hydrogen (secondary N) is 1. The number of halogens is 1. The number of aromatic nitrogens is 4. The highest BCUT2D eigenvalue weighted by molar-refractivity contribution is 7.99. The molecule has 1 amide bonds. The van der Waals surface area contributed by atoms with Crippen molar-refractivity contribution in [2.24, 2.45) is 0 Å². The summed E-state index contributed by atoms with van der Waals surface area (Å²) in [4.78, 5) is 37.2. The lowest BCUT2D eigenvalue weighted by Gasteiger charge is -2.09. The van der Waals surface area contributed by atoms with Gasteiger partial charge in [-0.3, -0.25) is 14.2 Å². The smallest absolute Gasteiger partial charge is 0.264 e. The van der Waals surface area contributed by atoms with Gasteiger partial charge >= 0.3 is 0 Å². The molecule has 0 bridgehead atoms. The van der Waals surface area contributed by atoms with E-state index in [1.54, 1.807) is 24.3 Å². The van der Waals surface area contributed by atoms with Gasteiger partial charge in [0.2, 0.25) is 5.91 Å². The standard InChI is InChI=1S/C16H14ClN5O2S/c1-2-25-16-18-7-10-14(21-16)19-9-22(15(10)24)8-13(23)20-12-6-4-3-5-11(12)17/h3-7,9H,2,8H2,1H3,(H,20,23). The third-order valence-corrected chi connectivity index (χ3v) is 4.37. The van der Waals surface area contributed by atoms with E-state index in [1.165, 1.54) is 28.9 Å². The summed E-state index contributed by atoms with van der Waals surface area (Å²) in [7, 11) is 0. The number of benzene rings is 1. The number of carbonyl (C=O) groups is 1. The molecule has 0 unspecified atom stereocenters. The van der Waals surface area contributed by atoms with E-state index in [2.05, 4.69) is 20.3 Å². The molecule has 3 rings (SSSR count). The van der Waals surface area contributed by atoms with Crippen LogP contribution in [0.1, 0.15) is 6.92 Å². The Bertz CT molecular complexity index is 992. The molecule has 0 atom stereocenters. The molecular formula is C16H14ClN5O2S. The van der Waals surface area contributed by atoms with E-state index in [0.29, 0.717) is 21.5 Å². The molecule has 3 aromatic rings. The van der Waals surface area contributed by atoms with Crippen molar-refractivity contribution in [1.29, 1.82) is 0 Å². The first kappa shape index (κ1) is 17.4. The molecule has 0 saturated carbocycles. The van der Waals surface area contributed by atoms with Gasteiger partial charge < -0.3 is 5.32 Å².